The minimum atomic E-state index is -0.435. The van der Waals surface area contributed by atoms with E-state index in [1.54, 1.807) is 49.2 Å². The number of thiazole rings is 1. The molecular weight excluding hydrogens is 670 g/mol. The van der Waals surface area contributed by atoms with Crippen LogP contribution in [0.3, 0.4) is 0 Å². The van der Waals surface area contributed by atoms with Crippen LogP contribution in [-0.4, -0.2) is 48.3 Å². The molecular formula is C36H32FN3O7S2. The molecule has 2 aliphatic carbocycles. The monoisotopic (exact) mass is 701 g/mol. The Balaban J connectivity index is 1.09. The number of thioether (sulfide) groups is 1. The Morgan fingerprint density at radius 3 is 2.41 bits per heavy atom. The molecule has 3 amide bonds. The van der Waals surface area contributed by atoms with Gasteiger partial charge < -0.3 is 24.5 Å². The van der Waals surface area contributed by atoms with E-state index in [0.717, 1.165) is 21.9 Å². The third-order valence-electron chi connectivity index (χ3n) is 10.2. The zero-order chi connectivity index (χ0) is 34.0. The van der Waals surface area contributed by atoms with Crippen LogP contribution in [0, 0.1) is 35.4 Å². The highest BCUT2D eigenvalue weighted by molar-refractivity contribution is 8.00. The summed E-state index contributed by atoms with van der Waals surface area (Å²) in [5.74, 6) is -0.782. The molecule has 49 heavy (non-hydrogen) atoms. The summed E-state index contributed by atoms with van der Waals surface area (Å²) < 4.78 is 30.4. The summed E-state index contributed by atoms with van der Waals surface area (Å²) in [5.41, 5.74) is 1.90. The maximum atomic E-state index is 14.1. The molecule has 4 aromatic rings. The van der Waals surface area contributed by atoms with Gasteiger partial charge >= 0.3 is 4.87 Å². The number of imide groups is 1. The van der Waals surface area contributed by atoms with Crippen molar-refractivity contribution in [3.8, 4) is 17.2 Å². The van der Waals surface area contributed by atoms with E-state index in [4.69, 9.17) is 14.2 Å². The van der Waals surface area contributed by atoms with Crippen LogP contribution in [0.5, 0.6) is 17.2 Å². The van der Waals surface area contributed by atoms with E-state index in [-0.39, 0.29) is 52.2 Å². The van der Waals surface area contributed by atoms with Crippen molar-refractivity contribution in [2.75, 3.05) is 30.5 Å². The number of hydrogen-bond acceptors (Lipinski definition) is 9. The molecule has 10 nitrogen and oxygen atoms in total. The molecule has 2 N–H and O–H groups in total. The number of carbonyl (C=O) groups excluding carboxylic acids is 3. The van der Waals surface area contributed by atoms with Crippen LogP contribution >= 0.6 is 23.1 Å². The highest BCUT2D eigenvalue weighted by Gasteiger charge is 2.69. The fourth-order valence-electron chi connectivity index (χ4n) is 8.36. The topological polar surface area (TPSA) is 127 Å². The number of fused-ring (bicyclic) bond motifs is 9. The van der Waals surface area contributed by atoms with Gasteiger partial charge in [0.2, 0.25) is 11.8 Å². The minimum Gasteiger partial charge on any atom is -0.497 e. The summed E-state index contributed by atoms with van der Waals surface area (Å²) in [6, 6.07) is 18.0. The SMILES string of the molecule is CCOc1cc([C@@H]2c3sc(=O)[nH]c3S[C@@H]3[C@@H]4C[C@@H]([C@@H]5C(=O)N(c6ccc(OC)cc6)C(=O)[C@@H]45)[C@H]23)ccc1OCC(=O)Nc1ccc(F)cc1. The van der Waals surface area contributed by atoms with Crippen molar-refractivity contribution in [3.63, 3.8) is 0 Å². The molecule has 1 saturated heterocycles. The third-order valence-corrected chi connectivity index (χ3v) is 12.8. The number of benzene rings is 3. The molecule has 0 spiro atoms. The third kappa shape index (κ3) is 5.30. The van der Waals surface area contributed by atoms with Crippen LogP contribution in [0.2, 0.25) is 0 Å². The number of ether oxygens (including phenoxy) is 3. The van der Waals surface area contributed by atoms with Crippen LogP contribution in [0.1, 0.15) is 29.7 Å². The summed E-state index contributed by atoms with van der Waals surface area (Å²) in [6.07, 6.45) is 0.768. The Morgan fingerprint density at radius 2 is 1.69 bits per heavy atom. The zero-order valence-corrected chi connectivity index (χ0v) is 28.1. The van der Waals surface area contributed by atoms with Crippen molar-refractivity contribution < 1.29 is 33.0 Å². The molecule has 1 aromatic heterocycles. The predicted molar refractivity (Wildman–Crippen MR) is 182 cm³/mol. The van der Waals surface area contributed by atoms with Crippen LogP contribution in [0.15, 0.2) is 76.6 Å². The summed E-state index contributed by atoms with van der Waals surface area (Å²) in [7, 11) is 1.57. The highest BCUT2D eigenvalue weighted by atomic mass is 32.2. The Labute approximate surface area is 288 Å². The molecule has 4 aliphatic rings. The van der Waals surface area contributed by atoms with Gasteiger partial charge in [-0.2, -0.15) is 0 Å². The molecule has 2 saturated carbocycles. The van der Waals surface area contributed by atoms with Gasteiger partial charge in [0, 0.05) is 21.7 Å². The number of rotatable bonds is 9. The lowest BCUT2D eigenvalue weighted by atomic mass is 9.68. The molecule has 252 valence electrons. The number of hydrogen-bond donors (Lipinski definition) is 2. The molecule has 8 rings (SSSR count). The average Bonchev–Trinajstić information content (AvgIpc) is 3.84. The van der Waals surface area contributed by atoms with E-state index >= 15 is 0 Å². The molecule has 2 aliphatic heterocycles. The quantitative estimate of drug-likeness (QED) is 0.214. The van der Waals surface area contributed by atoms with Crippen molar-refractivity contribution >= 4 is 52.2 Å². The van der Waals surface area contributed by atoms with Crippen LogP contribution in [0.4, 0.5) is 15.8 Å². The van der Waals surface area contributed by atoms with Gasteiger partial charge in [-0.25, -0.2) is 4.39 Å². The highest BCUT2D eigenvalue weighted by Crippen LogP contribution is 2.68. The van der Waals surface area contributed by atoms with E-state index in [0.29, 0.717) is 35.2 Å². The van der Waals surface area contributed by atoms with E-state index in [2.05, 4.69) is 10.3 Å². The minimum absolute atomic E-state index is 0.00509. The smallest absolute Gasteiger partial charge is 0.305 e. The molecule has 3 aromatic carbocycles. The van der Waals surface area contributed by atoms with E-state index < -0.39 is 23.6 Å². The van der Waals surface area contributed by atoms with Gasteiger partial charge in [-0.3, -0.25) is 24.1 Å². The lowest BCUT2D eigenvalue weighted by Crippen LogP contribution is -2.42. The van der Waals surface area contributed by atoms with Gasteiger partial charge in [0.25, 0.3) is 5.91 Å². The fourth-order valence-corrected chi connectivity index (χ4v) is 11.2. The first kappa shape index (κ1) is 31.6. The summed E-state index contributed by atoms with van der Waals surface area (Å²) >= 11 is 2.81. The Kier molecular flexibility index (Phi) is 7.98. The zero-order valence-electron chi connectivity index (χ0n) is 26.5. The molecule has 0 unspecified atom stereocenters. The average molecular weight is 702 g/mol. The van der Waals surface area contributed by atoms with Crippen molar-refractivity contribution in [2.24, 2.45) is 29.6 Å². The number of nitrogens with one attached hydrogen (secondary N) is 2. The first-order valence-electron chi connectivity index (χ1n) is 16.1. The first-order valence-corrected chi connectivity index (χ1v) is 17.8. The van der Waals surface area contributed by atoms with Gasteiger partial charge in [-0.1, -0.05) is 17.4 Å². The maximum Gasteiger partial charge on any atom is 0.305 e. The van der Waals surface area contributed by atoms with Crippen molar-refractivity contribution in [1.82, 2.24) is 4.98 Å². The molecule has 0 radical (unpaired) electrons. The lowest BCUT2D eigenvalue weighted by molar-refractivity contribution is -0.123. The van der Waals surface area contributed by atoms with E-state index in [1.807, 2.05) is 19.1 Å². The number of methoxy groups -OCH3 is 1. The Morgan fingerprint density at radius 1 is 0.959 bits per heavy atom. The number of anilines is 2. The second-order valence-electron chi connectivity index (χ2n) is 12.7. The van der Waals surface area contributed by atoms with E-state index in [1.165, 1.54) is 40.5 Å². The molecule has 3 heterocycles. The van der Waals surface area contributed by atoms with Crippen molar-refractivity contribution in [1.29, 1.82) is 0 Å². The second-order valence-corrected chi connectivity index (χ2v) is 14.9. The second kappa shape index (κ2) is 12.4. The van der Waals surface area contributed by atoms with Gasteiger partial charge in [0.05, 0.1) is 36.3 Å². The number of aromatic nitrogens is 1. The normalized spacial score (nSPS) is 26.3. The van der Waals surface area contributed by atoms with Crippen LogP contribution < -0.4 is 29.3 Å². The summed E-state index contributed by atoms with van der Waals surface area (Å²) in [4.78, 5) is 58.5. The molecule has 7 atom stereocenters. The van der Waals surface area contributed by atoms with Crippen LogP contribution in [-0.2, 0) is 14.4 Å². The number of nitrogens with zero attached hydrogens (tertiary/aromatic N) is 1. The van der Waals surface area contributed by atoms with Gasteiger partial charge in [0.15, 0.2) is 18.1 Å². The van der Waals surface area contributed by atoms with Crippen LogP contribution in [0.25, 0.3) is 0 Å². The van der Waals surface area contributed by atoms with Crippen molar-refractivity contribution in [2.45, 2.75) is 29.5 Å². The number of amides is 3. The number of halogens is 1. The van der Waals surface area contributed by atoms with E-state index in [9.17, 15) is 23.6 Å². The van der Waals surface area contributed by atoms with Crippen molar-refractivity contribution in [3.05, 3.63) is 92.7 Å². The maximum absolute atomic E-state index is 14.1. The molecule has 2 bridgehead atoms. The van der Waals surface area contributed by atoms with Gasteiger partial charge in [-0.15, -0.1) is 11.8 Å². The molecule has 13 heteroatoms. The number of aromatic amines is 1. The van der Waals surface area contributed by atoms with Gasteiger partial charge in [0.1, 0.15) is 11.6 Å². The Bertz CT molecular complexity index is 2010. The summed E-state index contributed by atoms with van der Waals surface area (Å²) in [5, 5.41) is 3.53. The largest absolute Gasteiger partial charge is 0.497 e. The summed E-state index contributed by atoms with van der Waals surface area (Å²) in [6.45, 7) is 1.91. The molecule has 3 fully saturated rings. The standard InChI is InChI=1S/C36H32FN3O7S2/c1-3-46-25-14-17(4-13-24(25)47-16-26(41)38-19-7-5-18(37)6-8-19)27-28-22-15-23(31(28)48-33-32(27)49-36(44)39-33)30-29(22)34(42)40(35(30)43)20-9-11-21(45-2)12-10-20/h4-14,22-23,27-31H,3,15-16H2,1-2H3,(H,38,41)(H,39,44)/t22-,23-,27+,28-,29+,30+,31-/m1/s1. The van der Waals surface area contributed by atoms with Gasteiger partial charge in [-0.05, 0) is 97.3 Å². The fraction of sp³-hybridized carbons (Fsp3) is 0.333. The predicted octanol–water partition coefficient (Wildman–Crippen LogP) is 5.68. The number of carbonyl (C=O) groups is 3. The Hall–Kier alpha value is -4.62. The number of H-pyrrole nitrogens is 1. The lowest BCUT2D eigenvalue weighted by Gasteiger charge is -2.43. The first-order chi connectivity index (χ1) is 23.7.